The molecule has 0 aliphatic carbocycles. The number of carbonyl (C=O) groups is 2. The van der Waals surface area contributed by atoms with Gasteiger partial charge in [0.2, 0.25) is 11.8 Å². The summed E-state index contributed by atoms with van der Waals surface area (Å²) in [4.78, 5) is 48.5. The fraction of sp³-hybridized carbons (Fsp3) is 0.435. The number of hydrogen-bond acceptors (Lipinski definition) is 7. The van der Waals surface area contributed by atoms with Gasteiger partial charge in [0, 0.05) is 26.2 Å². The fourth-order valence-electron chi connectivity index (χ4n) is 3.85. The second kappa shape index (κ2) is 10.7. The lowest BCUT2D eigenvalue weighted by atomic mass is 9.97. The van der Waals surface area contributed by atoms with Crippen LogP contribution in [0, 0.1) is 11.7 Å². The van der Waals surface area contributed by atoms with Crippen LogP contribution in [0.5, 0.6) is 0 Å². The molecule has 3 aromatic rings. The SMILES string of the molecule is CCCNC(=O)[C@@H]1CCCN(c2nc3ncn(CC(=O)NCc4ccc(F)cc4)c(=O)c3s2)C1. The molecule has 1 aliphatic rings. The molecule has 11 heteroatoms. The molecule has 2 amide bonds. The average molecular weight is 487 g/mol. The van der Waals surface area contributed by atoms with Gasteiger partial charge >= 0.3 is 0 Å². The number of carbonyl (C=O) groups excluding carboxylic acids is 2. The summed E-state index contributed by atoms with van der Waals surface area (Å²) in [6, 6.07) is 5.83. The van der Waals surface area contributed by atoms with E-state index in [1.54, 1.807) is 12.1 Å². The molecule has 0 spiro atoms. The monoisotopic (exact) mass is 486 g/mol. The quantitative estimate of drug-likeness (QED) is 0.505. The highest BCUT2D eigenvalue weighted by atomic mass is 32.1. The first-order valence-corrected chi connectivity index (χ1v) is 12.2. The van der Waals surface area contributed by atoms with Gasteiger partial charge in [-0.2, -0.15) is 4.98 Å². The number of halogens is 1. The highest BCUT2D eigenvalue weighted by Gasteiger charge is 2.27. The molecular formula is C23H27FN6O3S. The number of amides is 2. The third kappa shape index (κ3) is 5.58. The van der Waals surface area contributed by atoms with Crippen LogP contribution >= 0.6 is 11.3 Å². The van der Waals surface area contributed by atoms with Crippen LogP contribution in [-0.2, 0) is 22.7 Å². The van der Waals surface area contributed by atoms with Crippen molar-refractivity contribution >= 4 is 38.6 Å². The normalized spacial score (nSPS) is 15.9. The van der Waals surface area contributed by atoms with Gasteiger partial charge in [-0.25, -0.2) is 9.37 Å². The molecule has 1 aliphatic heterocycles. The number of benzene rings is 1. The summed E-state index contributed by atoms with van der Waals surface area (Å²) < 4.78 is 14.6. The minimum absolute atomic E-state index is 0.0554. The van der Waals surface area contributed by atoms with Gasteiger partial charge in [-0.1, -0.05) is 30.4 Å². The first-order valence-electron chi connectivity index (χ1n) is 11.3. The number of aromatic nitrogens is 3. The lowest BCUT2D eigenvalue weighted by Crippen LogP contribution is -2.43. The zero-order valence-electron chi connectivity index (χ0n) is 18.9. The third-order valence-electron chi connectivity index (χ3n) is 5.70. The smallest absolute Gasteiger partial charge is 0.273 e. The molecule has 9 nitrogen and oxygen atoms in total. The van der Waals surface area contributed by atoms with Crippen molar-refractivity contribution in [3.8, 4) is 0 Å². The Kier molecular flexibility index (Phi) is 7.51. The van der Waals surface area contributed by atoms with Crippen LogP contribution in [0.2, 0.25) is 0 Å². The molecule has 34 heavy (non-hydrogen) atoms. The Labute approximate surface area is 200 Å². The molecule has 1 aromatic carbocycles. The van der Waals surface area contributed by atoms with Gasteiger partial charge in [-0.15, -0.1) is 0 Å². The number of hydrogen-bond donors (Lipinski definition) is 2. The van der Waals surface area contributed by atoms with Crippen LogP contribution in [0.25, 0.3) is 10.3 Å². The lowest BCUT2D eigenvalue weighted by molar-refractivity contribution is -0.125. The number of nitrogens with one attached hydrogen (secondary N) is 2. The van der Waals surface area contributed by atoms with Gasteiger partial charge < -0.3 is 15.5 Å². The number of rotatable bonds is 8. The molecular weight excluding hydrogens is 459 g/mol. The Morgan fingerprint density at radius 3 is 2.79 bits per heavy atom. The van der Waals surface area contributed by atoms with Crippen LogP contribution in [0.15, 0.2) is 35.4 Å². The van der Waals surface area contributed by atoms with E-state index in [9.17, 15) is 18.8 Å². The Hall–Kier alpha value is -3.34. The molecule has 1 saturated heterocycles. The van der Waals surface area contributed by atoms with E-state index in [-0.39, 0.29) is 42.2 Å². The number of thiazole rings is 1. The predicted octanol–water partition coefficient (Wildman–Crippen LogP) is 2.05. The van der Waals surface area contributed by atoms with E-state index in [2.05, 4.69) is 20.6 Å². The maximum atomic E-state index is 13.0. The number of piperidine rings is 1. The summed E-state index contributed by atoms with van der Waals surface area (Å²) in [6.45, 7) is 4.05. The fourth-order valence-corrected chi connectivity index (χ4v) is 4.86. The van der Waals surface area contributed by atoms with E-state index in [4.69, 9.17) is 0 Å². The largest absolute Gasteiger partial charge is 0.356 e. The van der Waals surface area contributed by atoms with E-state index < -0.39 is 0 Å². The van der Waals surface area contributed by atoms with Gasteiger partial charge in [-0.3, -0.25) is 19.0 Å². The summed E-state index contributed by atoms with van der Waals surface area (Å²) in [5, 5.41) is 6.34. The molecule has 1 fully saturated rings. The molecule has 1 atom stereocenters. The van der Waals surface area contributed by atoms with Gasteiger partial charge in [0.05, 0.1) is 5.92 Å². The summed E-state index contributed by atoms with van der Waals surface area (Å²) in [6.07, 6.45) is 3.91. The summed E-state index contributed by atoms with van der Waals surface area (Å²) in [5.74, 6) is -0.749. The second-order valence-electron chi connectivity index (χ2n) is 8.31. The van der Waals surface area contributed by atoms with Crippen LogP contribution in [-0.4, -0.2) is 46.0 Å². The van der Waals surface area contributed by atoms with Gasteiger partial charge in [0.25, 0.3) is 5.56 Å². The topological polar surface area (TPSA) is 109 Å². The van der Waals surface area contributed by atoms with Crippen molar-refractivity contribution in [2.45, 2.75) is 39.3 Å². The summed E-state index contributed by atoms with van der Waals surface area (Å²) in [5.41, 5.74) is 0.761. The molecule has 0 unspecified atom stereocenters. The zero-order valence-corrected chi connectivity index (χ0v) is 19.7. The van der Waals surface area contributed by atoms with Crippen LogP contribution in [0.1, 0.15) is 31.7 Å². The Morgan fingerprint density at radius 1 is 1.24 bits per heavy atom. The molecule has 3 heterocycles. The first kappa shape index (κ1) is 23.8. The highest BCUT2D eigenvalue weighted by molar-refractivity contribution is 7.22. The van der Waals surface area contributed by atoms with Crippen molar-refractivity contribution < 1.29 is 14.0 Å². The minimum atomic E-state index is -0.353. The van der Waals surface area contributed by atoms with Crippen molar-refractivity contribution in [3.63, 3.8) is 0 Å². The van der Waals surface area contributed by atoms with Crippen LogP contribution in [0.4, 0.5) is 9.52 Å². The van der Waals surface area contributed by atoms with Crippen LogP contribution in [0.3, 0.4) is 0 Å². The molecule has 2 N–H and O–H groups in total. The average Bonchev–Trinajstić information content (AvgIpc) is 3.29. The van der Waals surface area contributed by atoms with Gasteiger partial charge in [-0.05, 0) is 37.0 Å². The van der Waals surface area contributed by atoms with Crippen molar-refractivity contribution in [1.29, 1.82) is 0 Å². The zero-order chi connectivity index (χ0) is 24.1. The Balaban J connectivity index is 1.42. The molecule has 0 radical (unpaired) electrons. The summed E-state index contributed by atoms with van der Waals surface area (Å²) >= 11 is 1.23. The van der Waals surface area contributed by atoms with Gasteiger partial charge in [0.15, 0.2) is 10.8 Å². The second-order valence-corrected chi connectivity index (χ2v) is 9.28. The maximum absolute atomic E-state index is 13.0. The molecule has 4 rings (SSSR count). The number of nitrogens with zero attached hydrogens (tertiary/aromatic N) is 4. The molecule has 0 bridgehead atoms. The highest BCUT2D eigenvalue weighted by Crippen LogP contribution is 2.29. The number of anilines is 1. The van der Waals surface area contributed by atoms with Crippen molar-refractivity contribution in [3.05, 3.63) is 52.3 Å². The van der Waals surface area contributed by atoms with E-state index in [1.807, 2.05) is 11.8 Å². The van der Waals surface area contributed by atoms with Crippen LogP contribution < -0.4 is 21.1 Å². The standard InChI is InChI=1S/C23H27FN6O3S/c1-2-9-25-21(32)16-4-3-10-29(12-16)23-28-20-19(34-23)22(33)30(14-27-20)13-18(31)26-11-15-5-7-17(24)8-6-15/h5-8,14,16H,2-4,9-13H2,1H3,(H,25,32)(H,26,31)/t16-/m1/s1. The minimum Gasteiger partial charge on any atom is -0.356 e. The van der Waals surface area contributed by atoms with E-state index in [1.165, 1.54) is 34.4 Å². The van der Waals surface area contributed by atoms with Crippen molar-refractivity contribution in [2.75, 3.05) is 24.5 Å². The Bertz CT molecular complexity index is 1230. The first-order chi connectivity index (χ1) is 16.4. The summed E-state index contributed by atoms with van der Waals surface area (Å²) in [7, 11) is 0. The molecule has 2 aromatic heterocycles. The Morgan fingerprint density at radius 2 is 2.03 bits per heavy atom. The molecule has 0 saturated carbocycles. The van der Waals surface area contributed by atoms with E-state index in [0.717, 1.165) is 31.4 Å². The van der Waals surface area contributed by atoms with E-state index in [0.29, 0.717) is 28.6 Å². The molecule has 180 valence electrons. The van der Waals surface area contributed by atoms with Crippen molar-refractivity contribution in [1.82, 2.24) is 25.2 Å². The van der Waals surface area contributed by atoms with E-state index >= 15 is 0 Å². The lowest BCUT2D eigenvalue weighted by Gasteiger charge is -2.31. The number of fused-ring (bicyclic) bond motifs is 1. The van der Waals surface area contributed by atoms with Crippen molar-refractivity contribution in [2.24, 2.45) is 5.92 Å². The van der Waals surface area contributed by atoms with Gasteiger partial charge in [0.1, 0.15) is 23.4 Å². The predicted molar refractivity (Wildman–Crippen MR) is 128 cm³/mol. The third-order valence-corrected chi connectivity index (χ3v) is 6.79. The maximum Gasteiger partial charge on any atom is 0.273 e.